The van der Waals surface area contributed by atoms with Crippen molar-refractivity contribution in [3.63, 3.8) is 0 Å². The van der Waals surface area contributed by atoms with Gasteiger partial charge in [-0.15, -0.1) is 0 Å². The molecule has 20 heavy (non-hydrogen) atoms. The van der Waals surface area contributed by atoms with Crippen LogP contribution in [0.15, 0.2) is 18.2 Å². The molecule has 5 nitrogen and oxygen atoms in total. The molecule has 106 valence electrons. The van der Waals surface area contributed by atoms with Gasteiger partial charge in [-0.1, -0.05) is 18.2 Å². The van der Waals surface area contributed by atoms with Crippen molar-refractivity contribution in [2.45, 2.75) is 20.8 Å². The van der Waals surface area contributed by atoms with Crippen LogP contribution in [0.25, 0.3) is 11.4 Å². The minimum atomic E-state index is 0.613. The van der Waals surface area contributed by atoms with E-state index in [0.29, 0.717) is 17.7 Å². The summed E-state index contributed by atoms with van der Waals surface area (Å²) in [4.78, 5) is 15.3. The van der Waals surface area contributed by atoms with Gasteiger partial charge < -0.3 is 10.2 Å². The van der Waals surface area contributed by atoms with Crippen molar-refractivity contribution < 1.29 is 0 Å². The van der Waals surface area contributed by atoms with Gasteiger partial charge >= 0.3 is 0 Å². The lowest BCUT2D eigenvalue weighted by Gasteiger charge is -2.14. The second-order valence-corrected chi connectivity index (χ2v) is 4.95. The third-order valence-corrected chi connectivity index (χ3v) is 3.20. The highest BCUT2D eigenvalue weighted by Gasteiger charge is 2.12. The van der Waals surface area contributed by atoms with Gasteiger partial charge in [-0.25, -0.2) is 0 Å². The lowest BCUT2D eigenvalue weighted by molar-refractivity contribution is 0.952. The van der Waals surface area contributed by atoms with Gasteiger partial charge in [0, 0.05) is 26.2 Å². The maximum Gasteiger partial charge on any atom is 0.230 e. The predicted molar refractivity (Wildman–Crippen MR) is 83.2 cm³/mol. The Morgan fingerprint density at radius 1 is 1.10 bits per heavy atom. The van der Waals surface area contributed by atoms with Gasteiger partial charge in [0.25, 0.3) is 0 Å². The van der Waals surface area contributed by atoms with Crippen LogP contribution in [0.3, 0.4) is 0 Å². The highest BCUT2D eigenvalue weighted by atomic mass is 15.3. The van der Waals surface area contributed by atoms with Crippen LogP contribution in [-0.2, 0) is 0 Å². The Morgan fingerprint density at radius 3 is 2.50 bits per heavy atom. The summed E-state index contributed by atoms with van der Waals surface area (Å²) < 4.78 is 0. The van der Waals surface area contributed by atoms with E-state index in [1.807, 2.05) is 38.1 Å². The molecule has 0 spiro atoms. The number of benzene rings is 1. The number of anilines is 2. The second kappa shape index (κ2) is 5.86. The molecule has 0 amide bonds. The Balaban J connectivity index is 2.57. The van der Waals surface area contributed by atoms with Crippen molar-refractivity contribution in [2.75, 3.05) is 30.9 Å². The van der Waals surface area contributed by atoms with Crippen LogP contribution in [0, 0.1) is 13.8 Å². The van der Waals surface area contributed by atoms with Crippen molar-refractivity contribution >= 4 is 11.9 Å². The lowest BCUT2D eigenvalue weighted by atomic mass is 10.0. The van der Waals surface area contributed by atoms with E-state index >= 15 is 0 Å². The summed E-state index contributed by atoms with van der Waals surface area (Å²) in [5, 5.41) is 3.16. The molecule has 1 aromatic carbocycles. The zero-order valence-corrected chi connectivity index (χ0v) is 12.7. The first-order chi connectivity index (χ1) is 9.52. The monoisotopic (exact) mass is 271 g/mol. The Morgan fingerprint density at radius 2 is 1.85 bits per heavy atom. The molecule has 0 aliphatic carbocycles. The van der Waals surface area contributed by atoms with Gasteiger partial charge in [0.2, 0.25) is 11.9 Å². The zero-order valence-electron chi connectivity index (χ0n) is 12.7. The van der Waals surface area contributed by atoms with Crippen molar-refractivity contribution in [1.82, 2.24) is 15.0 Å². The quantitative estimate of drug-likeness (QED) is 0.926. The highest BCUT2D eigenvalue weighted by Crippen LogP contribution is 2.24. The Labute approximate surface area is 120 Å². The Bertz CT molecular complexity index is 607. The summed E-state index contributed by atoms with van der Waals surface area (Å²) >= 11 is 0. The molecule has 2 aromatic rings. The molecule has 0 unspecified atom stereocenters. The first kappa shape index (κ1) is 14.2. The van der Waals surface area contributed by atoms with E-state index in [-0.39, 0.29) is 0 Å². The molecule has 1 aromatic heterocycles. The molecular formula is C15H21N5. The topological polar surface area (TPSA) is 53.9 Å². The summed E-state index contributed by atoms with van der Waals surface area (Å²) in [5.41, 5.74) is 3.49. The van der Waals surface area contributed by atoms with Crippen LogP contribution in [0.4, 0.5) is 11.9 Å². The van der Waals surface area contributed by atoms with Gasteiger partial charge in [0.1, 0.15) is 0 Å². The van der Waals surface area contributed by atoms with Crippen LogP contribution in [0.2, 0.25) is 0 Å². The third kappa shape index (κ3) is 2.87. The predicted octanol–water partition coefficient (Wildman–Crippen LogP) is 2.65. The molecule has 0 aliphatic rings. The van der Waals surface area contributed by atoms with E-state index < -0.39 is 0 Å². The summed E-state index contributed by atoms with van der Waals surface area (Å²) in [5.74, 6) is 1.98. The normalized spacial score (nSPS) is 10.4. The molecule has 0 saturated carbocycles. The first-order valence-electron chi connectivity index (χ1n) is 6.76. The van der Waals surface area contributed by atoms with Crippen LogP contribution in [-0.4, -0.2) is 35.6 Å². The van der Waals surface area contributed by atoms with Crippen molar-refractivity contribution in [3.8, 4) is 11.4 Å². The average molecular weight is 271 g/mol. The van der Waals surface area contributed by atoms with E-state index in [4.69, 9.17) is 0 Å². The molecule has 1 heterocycles. The SMILES string of the molecule is CCNc1nc(-c2cccc(C)c2C)nc(N(C)C)n1. The largest absolute Gasteiger partial charge is 0.354 e. The van der Waals surface area contributed by atoms with Gasteiger partial charge in [-0.2, -0.15) is 15.0 Å². The summed E-state index contributed by atoms with van der Waals surface area (Å²) in [6, 6.07) is 6.18. The number of rotatable bonds is 4. The number of nitrogens with zero attached hydrogens (tertiary/aromatic N) is 4. The van der Waals surface area contributed by atoms with Gasteiger partial charge in [-0.3, -0.25) is 0 Å². The standard InChI is InChI=1S/C15H21N5/c1-6-16-14-17-13(18-15(19-14)20(4)5)12-9-7-8-10(2)11(12)3/h7-9H,6H2,1-5H3,(H,16,17,18,19). The fraction of sp³-hybridized carbons (Fsp3) is 0.400. The zero-order chi connectivity index (χ0) is 14.7. The van der Waals surface area contributed by atoms with E-state index in [9.17, 15) is 0 Å². The van der Waals surface area contributed by atoms with Gasteiger partial charge in [0.15, 0.2) is 5.82 Å². The van der Waals surface area contributed by atoms with E-state index in [1.54, 1.807) is 0 Å². The Kier molecular flexibility index (Phi) is 4.17. The number of aromatic nitrogens is 3. The van der Waals surface area contributed by atoms with Crippen LogP contribution in [0.1, 0.15) is 18.1 Å². The van der Waals surface area contributed by atoms with E-state index in [0.717, 1.165) is 12.1 Å². The van der Waals surface area contributed by atoms with E-state index in [2.05, 4.69) is 40.2 Å². The molecular weight excluding hydrogens is 250 g/mol. The van der Waals surface area contributed by atoms with Crippen LogP contribution in [0.5, 0.6) is 0 Å². The molecule has 0 saturated heterocycles. The molecule has 1 N–H and O–H groups in total. The van der Waals surface area contributed by atoms with Gasteiger partial charge in [0.05, 0.1) is 0 Å². The molecule has 0 aliphatic heterocycles. The summed E-state index contributed by atoms with van der Waals surface area (Å²) in [6.45, 7) is 6.99. The number of hydrogen-bond acceptors (Lipinski definition) is 5. The first-order valence-corrected chi connectivity index (χ1v) is 6.76. The number of aryl methyl sites for hydroxylation is 1. The average Bonchev–Trinajstić information content (AvgIpc) is 2.42. The van der Waals surface area contributed by atoms with Crippen molar-refractivity contribution in [2.24, 2.45) is 0 Å². The van der Waals surface area contributed by atoms with Crippen molar-refractivity contribution in [3.05, 3.63) is 29.3 Å². The third-order valence-electron chi connectivity index (χ3n) is 3.20. The van der Waals surface area contributed by atoms with Crippen LogP contribution >= 0.6 is 0 Å². The smallest absolute Gasteiger partial charge is 0.230 e. The summed E-state index contributed by atoms with van der Waals surface area (Å²) in [6.07, 6.45) is 0. The molecule has 0 fully saturated rings. The van der Waals surface area contributed by atoms with Gasteiger partial charge in [-0.05, 0) is 31.9 Å². The molecule has 2 rings (SSSR count). The number of nitrogens with one attached hydrogen (secondary N) is 1. The second-order valence-electron chi connectivity index (χ2n) is 4.95. The molecule has 0 atom stereocenters. The lowest BCUT2D eigenvalue weighted by Crippen LogP contribution is -2.16. The Hall–Kier alpha value is -2.17. The highest BCUT2D eigenvalue weighted by molar-refractivity contribution is 5.63. The fourth-order valence-electron chi connectivity index (χ4n) is 1.92. The molecule has 0 bridgehead atoms. The fourth-order valence-corrected chi connectivity index (χ4v) is 1.92. The molecule has 0 radical (unpaired) electrons. The van der Waals surface area contributed by atoms with Crippen molar-refractivity contribution in [1.29, 1.82) is 0 Å². The minimum absolute atomic E-state index is 0.613. The number of hydrogen-bond donors (Lipinski definition) is 1. The van der Waals surface area contributed by atoms with E-state index in [1.165, 1.54) is 11.1 Å². The van der Waals surface area contributed by atoms with Crippen LogP contribution < -0.4 is 10.2 Å². The maximum absolute atomic E-state index is 4.55. The minimum Gasteiger partial charge on any atom is -0.354 e. The maximum atomic E-state index is 4.55. The summed E-state index contributed by atoms with van der Waals surface area (Å²) in [7, 11) is 3.86. The molecule has 5 heteroatoms.